The normalized spacial score (nSPS) is 17.1. The first-order chi connectivity index (χ1) is 6.31. The zero-order chi connectivity index (χ0) is 11.4. The zero-order valence-corrected chi connectivity index (χ0v) is 9.40. The van der Waals surface area contributed by atoms with Gasteiger partial charge in [0.2, 0.25) is 0 Å². The van der Waals surface area contributed by atoms with Gasteiger partial charge in [-0.25, -0.2) is 0 Å². The summed E-state index contributed by atoms with van der Waals surface area (Å²) in [6.07, 6.45) is -2.00. The van der Waals surface area contributed by atoms with Crippen LogP contribution in [0, 0.1) is 5.41 Å². The lowest BCUT2D eigenvalue weighted by molar-refractivity contribution is -0.191. The molecule has 1 unspecified atom stereocenters. The van der Waals surface area contributed by atoms with Crippen LogP contribution in [0.5, 0.6) is 0 Å². The van der Waals surface area contributed by atoms with Gasteiger partial charge < -0.3 is 20.1 Å². The fourth-order valence-corrected chi connectivity index (χ4v) is 1.16. The number of rotatable bonds is 6. The molecule has 0 saturated heterocycles. The highest BCUT2D eigenvalue weighted by Crippen LogP contribution is 2.29. The van der Waals surface area contributed by atoms with Crippen molar-refractivity contribution in [3.8, 4) is 0 Å². The predicted octanol–water partition coefficient (Wildman–Crippen LogP) is 0.499. The molecule has 0 aromatic rings. The van der Waals surface area contributed by atoms with E-state index in [0.29, 0.717) is 0 Å². The summed E-state index contributed by atoms with van der Waals surface area (Å²) in [5, 5.41) is 27.3. The lowest BCUT2D eigenvalue weighted by atomic mass is 9.83. The van der Waals surface area contributed by atoms with Crippen LogP contribution in [0.1, 0.15) is 34.1 Å². The van der Waals surface area contributed by atoms with E-state index < -0.39 is 18.5 Å². The van der Waals surface area contributed by atoms with Gasteiger partial charge in [-0.15, -0.1) is 0 Å². The minimum absolute atomic E-state index is 0.117. The first-order valence-corrected chi connectivity index (χ1v) is 4.97. The zero-order valence-electron chi connectivity index (χ0n) is 9.40. The van der Waals surface area contributed by atoms with Crippen LogP contribution in [0.25, 0.3) is 0 Å². The van der Waals surface area contributed by atoms with E-state index in [2.05, 4.69) is 0 Å². The Hall–Kier alpha value is -0.160. The molecule has 0 amide bonds. The standard InChI is InChI=1S/C10H22O4/c1-5-10(3,4)8(9(12)13)14-6-7(2)11/h7-9,11-13H,5-6H2,1-4H3/t7-,8?/m0/s1. The fourth-order valence-electron chi connectivity index (χ4n) is 1.16. The maximum atomic E-state index is 9.14. The summed E-state index contributed by atoms with van der Waals surface area (Å²) in [6.45, 7) is 7.48. The molecule has 14 heavy (non-hydrogen) atoms. The molecule has 0 aliphatic heterocycles. The van der Waals surface area contributed by atoms with Gasteiger partial charge in [-0.1, -0.05) is 20.8 Å². The Kier molecular flexibility index (Phi) is 5.59. The number of aliphatic hydroxyl groups excluding tert-OH is 2. The van der Waals surface area contributed by atoms with E-state index in [-0.39, 0.29) is 12.0 Å². The topological polar surface area (TPSA) is 69.9 Å². The largest absolute Gasteiger partial charge is 0.391 e. The Bertz CT molecular complexity index is 154. The molecular weight excluding hydrogens is 184 g/mol. The Labute approximate surface area is 85.5 Å². The number of hydrogen-bond acceptors (Lipinski definition) is 4. The van der Waals surface area contributed by atoms with Crippen molar-refractivity contribution in [3.63, 3.8) is 0 Å². The first-order valence-electron chi connectivity index (χ1n) is 4.97. The van der Waals surface area contributed by atoms with Crippen LogP contribution >= 0.6 is 0 Å². The van der Waals surface area contributed by atoms with Crippen molar-refractivity contribution in [3.05, 3.63) is 0 Å². The fraction of sp³-hybridized carbons (Fsp3) is 1.00. The van der Waals surface area contributed by atoms with Crippen molar-refractivity contribution in [1.82, 2.24) is 0 Å². The second-order valence-corrected chi connectivity index (χ2v) is 4.36. The van der Waals surface area contributed by atoms with Crippen molar-refractivity contribution in [1.29, 1.82) is 0 Å². The van der Waals surface area contributed by atoms with E-state index in [1.165, 1.54) is 0 Å². The maximum Gasteiger partial charge on any atom is 0.178 e. The molecule has 3 N–H and O–H groups in total. The summed E-state index contributed by atoms with van der Waals surface area (Å²) in [5.41, 5.74) is -0.316. The quantitative estimate of drug-likeness (QED) is 0.553. The van der Waals surface area contributed by atoms with Crippen LogP contribution in [0.3, 0.4) is 0 Å². The molecule has 4 heteroatoms. The Morgan fingerprint density at radius 1 is 1.21 bits per heavy atom. The highest BCUT2D eigenvalue weighted by Gasteiger charge is 2.33. The summed E-state index contributed by atoms with van der Waals surface area (Å²) in [5.74, 6) is 0. The van der Waals surface area contributed by atoms with E-state index in [0.717, 1.165) is 6.42 Å². The molecule has 0 fully saturated rings. The van der Waals surface area contributed by atoms with E-state index in [1.807, 2.05) is 20.8 Å². The average molecular weight is 206 g/mol. The van der Waals surface area contributed by atoms with E-state index in [4.69, 9.17) is 20.1 Å². The monoisotopic (exact) mass is 206 g/mol. The molecular formula is C10H22O4. The molecule has 0 spiro atoms. The van der Waals surface area contributed by atoms with Crippen molar-refractivity contribution < 1.29 is 20.1 Å². The van der Waals surface area contributed by atoms with Crippen molar-refractivity contribution in [2.24, 2.45) is 5.41 Å². The molecule has 2 atom stereocenters. The van der Waals surface area contributed by atoms with Gasteiger partial charge in [0.05, 0.1) is 12.7 Å². The van der Waals surface area contributed by atoms with Crippen LogP contribution in [-0.2, 0) is 4.74 Å². The average Bonchev–Trinajstić information content (AvgIpc) is 2.03. The molecule has 4 nitrogen and oxygen atoms in total. The van der Waals surface area contributed by atoms with E-state index >= 15 is 0 Å². The van der Waals surface area contributed by atoms with Crippen LogP contribution in [-0.4, -0.2) is 40.4 Å². The minimum Gasteiger partial charge on any atom is -0.391 e. The third-order valence-corrected chi connectivity index (χ3v) is 2.47. The molecule has 0 saturated carbocycles. The lowest BCUT2D eigenvalue weighted by Crippen LogP contribution is -2.42. The van der Waals surface area contributed by atoms with E-state index in [1.54, 1.807) is 6.92 Å². The molecule has 0 aromatic heterocycles. The van der Waals surface area contributed by atoms with Gasteiger partial charge in [0.25, 0.3) is 0 Å². The SMILES string of the molecule is CCC(C)(C)C(OC[C@H](C)O)C(O)O. The second-order valence-electron chi connectivity index (χ2n) is 4.36. The smallest absolute Gasteiger partial charge is 0.178 e. The molecule has 0 heterocycles. The molecule has 0 bridgehead atoms. The van der Waals surface area contributed by atoms with Crippen LogP contribution in [0.15, 0.2) is 0 Å². The highest BCUT2D eigenvalue weighted by atomic mass is 16.6. The Morgan fingerprint density at radius 3 is 2.00 bits per heavy atom. The van der Waals surface area contributed by atoms with Gasteiger partial charge in [-0.2, -0.15) is 0 Å². The molecule has 0 aromatic carbocycles. The third kappa shape index (κ3) is 4.37. The molecule has 0 aliphatic rings. The first kappa shape index (κ1) is 13.8. The number of aliphatic hydroxyl groups is 3. The van der Waals surface area contributed by atoms with E-state index in [9.17, 15) is 0 Å². The summed E-state index contributed by atoms with van der Waals surface area (Å²) < 4.78 is 5.27. The minimum atomic E-state index is -1.51. The second kappa shape index (κ2) is 5.66. The van der Waals surface area contributed by atoms with Crippen molar-refractivity contribution in [2.45, 2.75) is 52.6 Å². The van der Waals surface area contributed by atoms with Gasteiger partial charge in [-0.3, -0.25) is 0 Å². The third-order valence-electron chi connectivity index (χ3n) is 2.47. The summed E-state index contributed by atoms with van der Waals surface area (Å²) in [4.78, 5) is 0. The van der Waals surface area contributed by atoms with Crippen molar-refractivity contribution >= 4 is 0 Å². The van der Waals surface area contributed by atoms with Crippen LogP contribution in [0.4, 0.5) is 0 Å². The predicted molar refractivity (Wildman–Crippen MR) is 53.7 cm³/mol. The summed E-state index contributed by atoms with van der Waals surface area (Å²) >= 11 is 0. The van der Waals surface area contributed by atoms with Crippen LogP contribution < -0.4 is 0 Å². The maximum absolute atomic E-state index is 9.14. The highest BCUT2D eigenvalue weighted by molar-refractivity contribution is 4.79. The molecule has 0 aliphatic carbocycles. The molecule has 86 valence electrons. The molecule has 0 radical (unpaired) electrons. The number of hydrogen-bond donors (Lipinski definition) is 3. The summed E-state index contributed by atoms with van der Waals surface area (Å²) in [6, 6.07) is 0. The summed E-state index contributed by atoms with van der Waals surface area (Å²) in [7, 11) is 0. The number of ether oxygens (including phenoxy) is 1. The van der Waals surface area contributed by atoms with Gasteiger partial charge in [-0.05, 0) is 18.8 Å². The molecule has 0 rings (SSSR count). The van der Waals surface area contributed by atoms with Gasteiger partial charge in [0.15, 0.2) is 6.29 Å². The Balaban J connectivity index is 4.29. The van der Waals surface area contributed by atoms with Crippen molar-refractivity contribution in [2.75, 3.05) is 6.61 Å². The van der Waals surface area contributed by atoms with Gasteiger partial charge >= 0.3 is 0 Å². The van der Waals surface area contributed by atoms with Crippen LogP contribution in [0.2, 0.25) is 0 Å². The van der Waals surface area contributed by atoms with Gasteiger partial charge in [0.1, 0.15) is 6.10 Å². The van der Waals surface area contributed by atoms with Gasteiger partial charge in [0, 0.05) is 0 Å². The lowest BCUT2D eigenvalue weighted by Gasteiger charge is -2.34. The Morgan fingerprint density at radius 2 is 1.71 bits per heavy atom.